The predicted molar refractivity (Wildman–Crippen MR) is 98.1 cm³/mol. The molecule has 1 fully saturated rings. The van der Waals surface area contributed by atoms with Gasteiger partial charge in [0.25, 0.3) is 0 Å². The fourth-order valence-corrected chi connectivity index (χ4v) is 4.28. The Morgan fingerprint density at radius 3 is 2.46 bits per heavy atom. The number of likely N-dealkylation sites (tertiary alicyclic amines) is 1. The van der Waals surface area contributed by atoms with Gasteiger partial charge in [0.1, 0.15) is 11.4 Å². The van der Waals surface area contributed by atoms with Crippen LogP contribution >= 0.6 is 0 Å². The number of carbonyl (C=O) groups excluding carboxylic acids is 2. The van der Waals surface area contributed by atoms with E-state index in [1.54, 1.807) is 18.2 Å². The van der Waals surface area contributed by atoms with Crippen molar-refractivity contribution in [2.24, 2.45) is 0 Å². The number of rotatable bonds is 0. The number of phenols is 1. The van der Waals surface area contributed by atoms with Crippen molar-refractivity contribution in [3.05, 3.63) is 52.6 Å². The number of fused-ring (bicyclic) bond motifs is 4. The molecule has 0 saturated carbocycles. The Labute approximate surface area is 150 Å². The first-order valence-corrected chi connectivity index (χ1v) is 8.82. The summed E-state index contributed by atoms with van der Waals surface area (Å²) >= 11 is 0. The minimum absolute atomic E-state index is 0.101. The van der Waals surface area contributed by atoms with Crippen molar-refractivity contribution in [3.63, 3.8) is 0 Å². The van der Waals surface area contributed by atoms with Gasteiger partial charge in [-0.15, -0.1) is 0 Å². The molecule has 0 unspecified atom stereocenters. The van der Waals surface area contributed by atoms with Gasteiger partial charge in [0.15, 0.2) is 11.6 Å². The van der Waals surface area contributed by atoms with Crippen molar-refractivity contribution in [1.29, 1.82) is 0 Å². The van der Waals surface area contributed by atoms with Crippen molar-refractivity contribution in [2.45, 2.75) is 18.5 Å². The molecule has 2 aromatic rings. The second-order valence-electron chi connectivity index (χ2n) is 7.40. The third kappa shape index (κ3) is 1.96. The van der Waals surface area contributed by atoms with Gasteiger partial charge in [0, 0.05) is 37.1 Å². The third-order valence-electron chi connectivity index (χ3n) is 5.77. The summed E-state index contributed by atoms with van der Waals surface area (Å²) in [4.78, 5) is 28.3. The van der Waals surface area contributed by atoms with E-state index in [0.717, 1.165) is 31.6 Å². The minimum atomic E-state index is -0.302. The molecule has 3 aliphatic rings. The van der Waals surface area contributed by atoms with Crippen LogP contribution in [-0.4, -0.2) is 47.4 Å². The number of hydrogen-bond donors (Lipinski definition) is 3. The van der Waals surface area contributed by atoms with Crippen LogP contribution in [0.25, 0.3) is 0 Å². The van der Waals surface area contributed by atoms with E-state index in [2.05, 4.69) is 22.6 Å². The van der Waals surface area contributed by atoms with Crippen LogP contribution in [0.15, 0.2) is 30.3 Å². The Hall–Kier alpha value is -2.86. The van der Waals surface area contributed by atoms with Crippen LogP contribution in [0.5, 0.6) is 5.75 Å². The Morgan fingerprint density at radius 1 is 0.962 bits per heavy atom. The zero-order chi connectivity index (χ0) is 18.1. The van der Waals surface area contributed by atoms with E-state index in [9.17, 15) is 14.7 Å². The summed E-state index contributed by atoms with van der Waals surface area (Å²) in [6.07, 6.45) is 1.80. The minimum Gasteiger partial charge on any atom is -0.507 e. The first-order chi connectivity index (χ1) is 12.5. The quantitative estimate of drug-likeness (QED) is 0.578. The molecule has 1 spiro atoms. The molecule has 5 rings (SSSR count). The van der Waals surface area contributed by atoms with Crippen molar-refractivity contribution in [1.82, 2.24) is 4.90 Å². The second-order valence-corrected chi connectivity index (χ2v) is 7.40. The van der Waals surface area contributed by atoms with Gasteiger partial charge in [-0.1, -0.05) is 12.1 Å². The van der Waals surface area contributed by atoms with Crippen LogP contribution in [0.2, 0.25) is 0 Å². The summed E-state index contributed by atoms with van der Waals surface area (Å²) in [5.41, 5.74) is 2.36. The fraction of sp³-hybridized carbons (Fsp3) is 0.300. The highest BCUT2D eigenvalue weighted by molar-refractivity contribution is 6.31. The lowest BCUT2D eigenvalue weighted by atomic mass is 9.82. The van der Waals surface area contributed by atoms with Crippen LogP contribution in [0, 0.1) is 0 Å². The van der Waals surface area contributed by atoms with Gasteiger partial charge in [-0.05, 0) is 25.2 Å². The highest BCUT2D eigenvalue weighted by Gasteiger charge is 2.43. The molecule has 6 heteroatoms. The molecule has 3 N–H and O–H groups in total. The Morgan fingerprint density at radius 2 is 1.69 bits per heavy atom. The van der Waals surface area contributed by atoms with E-state index in [0.29, 0.717) is 16.8 Å². The number of anilines is 2. The van der Waals surface area contributed by atoms with Crippen LogP contribution in [0.1, 0.15) is 44.7 Å². The van der Waals surface area contributed by atoms with Crippen LogP contribution in [0.3, 0.4) is 0 Å². The summed E-state index contributed by atoms with van der Waals surface area (Å²) in [5, 5.41) is 17.2. The number of nitrogens with one attached hydrogen (secondary N) is 2. The molecule has 2 heterocycles. The molecule has 2 aliphatic heterocycles. The van der Waals surface area contributed by atoms with E-state index >= 15 is 0 Å². The first kappa shape index (κ1) is 15.4. The summed E-state index contributed by atoms with van der Waals surface area (Å²) < 4.78 is 0. The smallest absolute Gasteiger partial charge is 0.200 e. The van der Waals surface area contributed by atoms with Gasteiger partial charge in [-0.25, -0.2) is 0 Å². The SMILES string of the molecule is CN1CCC2(CC1)Nc1ccc3c(c1N2)C(=O)c1c(O)cccc1C3=O. The molecule has 0 aromatic heterocycles. The normalized spacial score (nSPS) is 20.2. The largest absolute Gasteiger partial charge is 0.507 e. The zero-order valence-electron chi connectivity index (χ0n) is 14.4. The predicted octanol–water partition coefficient (Wildman–Crippen LogP) is 2.43. The first-order valence-electron chi connectivity index (χ1n) is 8.82. The van der Waals surface area contributed by atoms with Crippen molar-refractivity contribution < 1.29 is 14.7 Å². The number of hydrogen-bond acceptors (Lipinski definition) is 6. The molecule has 0 atom stereocenters. The molecular weight excluding hydrogens is 330 g/mol. The summed E-state index contributed by atoms with van der Waals surface area (Å²) in [6, 6.07) is 8.21. The number of benzene rings is 2. The number of carbonyl (C=O) groups is 2. The molecule has 1 saturated heterocycles. The number of aromatic hydroxyl groups is 1. The van der Waals surface area contributed by atoms with Gasteiger partial charge in [0.2, 0.25) is 0 Å². The highest BCUT2D eigenvalue weighted by atomic mass is 16.3. The molecule has 6 nitrogen and oxygen atoms in total. The fourth-order valence-electron chi connectivity index (χ4n) is 4.28. The van der Waals surface area contributed by atoms with E-state index in [1.165, 1.54) is 6.07 Å². The highest BCUT2D eigenvalue weighted by Crippen LogP contribution is 2.45. The van der Waals surface area contributed by atoms with E-state index in [4.69, 9.17) is 0 Å². The Balaban J connectivity index is 1.64. The lowest BCUT2D eigenvalue weighted by molar-refractivity contribution is 0.0977. The van der Waals surface area contributed by atoms with Gasteiger partial charge < -0.3 is 20.6 Å². The number of phenolic OH excluding ortho intramolecular Hbond substituents is 1. The molecule has 0 amide bonds. The van der Waals surface area contributed by atoms with E-state index in [1.807, 2.05) is 6.07 Å². The lowest BCUT2D eigenvalue weighted by Crippen LogP contribution is -2.50. The van der Waals surface area contributed by atoms with Crippen molar-refractivity contribution in [3.8, 4) is 5.75 Å². The van der Waals surface area contributed by atoms with Gasteiger partial charge in [0.05, 0.1) is 22.5 Å². The Kier molecular flexibility index (Phi) is 3.01. The molecule has 1 aliphatic carbocycles. The standard InChI is InChI=1S/C20H19N3O3/c1-23-9-7-20(8-10-23)21-13-6-5-12-16(17(13)22-20)19(26)15-11(18(12)25)3-2-4-14(15)24/h2-6,21-22,24H,7-10H2,1H3. The van der Waals surface area contributed by atoms with Crippen LogP contribution < -0.4 is 10.6 Å². The average Bonchev–Trinajstić information content (AvgIpc) is 3.00. The summed E-state index contributed by atoms with van der Waals surface area (Å²) in [6.45, 7) is 1.90. The summed E-state index contributed by atoms with van der Waals surface area (Å²) in [7, 11) is 2.10. The van der Waals surface area contributed by atoms with Crippen molar-refractivity contribution >= 4 is 22.9 Å². The van der Waals surface area contributed by atoms with Crippen molar-refractivity contribution in [2.75, 3.05) is 30.8 Å². The van der Waals surface area contributed by atoms with Crippen LogP contribution in [0.4, 0.5) is 11.4 Å². The van der Waals surface area contributed by atoms with Gasteiger partial charge in [-0.2, -0.15) is 0 Å². The summed E-state index contributed by atoms with van der Waals surface area (Å²) in [5.74, 6) is -0.674. The third-order valence-corrected chi connectivity index (χ3v) is 5.77. The molecule has 0 radical (unpaired) electrons. The maximum atomic E-state index is 13.2. The monoisotopic (exact) mass is 349 g/mol. The molecule has 0 bridgehead atoms. The Bertz CT molecular complexity index is 975. The maximum absolute atomic E-state index is 13.2. The number of nitrogens with zero attached hydrogens (tertiary/aromatic N) is 1. The molecule has 2 aromatic carbocycles. The molecular formula is C20H19N3O3. The van der Waals surface area contributed by atoms with Gasteiger partial charge >= 0.3 is 0 Å². The average molecular weight is 349 g/mol. The molecule has 26 heavy (non-hydrogen) atoms. The maximum Gasteiger partial charge on any atom is 0.200 e. The molecule has 132 valence electrons. The number of piperidine rings is 1. The second kappa shape index (κ2) is 5.08. The van der Waals surface area contributed by atoms with Crippen LogP contribution in [-0.2, 0) is 0 Å². The zero-order valence-corrected chi connectivity index (χ0v) is 14.4. The van der Waals surface area contributed by atoms with E-state index < -0.39 is 0 Å². The van der Waals surface area contributed by atoms with E-state index in [-0.39, 0.29) is 34.1 Å². The number of ketones is 2. The van der Waals surface area contributed by atoms with Gasteiger partial charge in [-0.3, -0.25) is 9.59 Å². The topological polar surface area (TPSA) is 81.7 Å². The lowest BCUT2D eigenvalue weighted by Gasteiger charge is -2.38.